The van der Waals surface area contributed by atoms with Gasteiger partial charge >= 0.3 is 5.97 Å². The van der Waals surface area contributed by atoms with Gasteiger partial charge in [-0.1, -0.05) is 42.5 Å². The summed E-state index contributed by atoms with van der Waals surface area (Å²) in [6.45, 7) is -0.414. The van der Waals surface area contributed by atoms with Crippen LogP contribution in [-0.2, 0) is 26.0 Å². The molecule has 0 atom stereocenters. The number of amides is 1. The molecule has 2 N–H and O–H groups in total. The molecule has 0 saturated carbocycles. The Kier molecular flexibility index (Phi) is 7.51. The molecule has 0 bridgehead atoms. The molecule has 0 fully saturated rings. The standard InChI is InChI=1S/C19H22N2O5S/c1-26-19(23)16-11-5-6-12-17(16)21-18(22)14-20-27(24,25)13-7-10-15-8-3-2-4-9-15/h2-6,8-9,11-12,20H,7,10,13-14H2,1H3,(H,21,22). The molecule has 0 radical (unpaired) electrons. The van der Waals surface area contributed by atoms with E-state index in [2.05, 4.69) is 14.8 Å². The fourth-order valence-electron chi connectivity index (χ4n) is 2.43. The monoisotopic (exact) mass is 390 g/mol. The Morgan fingerprint density at radius 3 is 2.37 bits per heavy atom. The highest BCUT2D eigenvalue weighted by Gasteiger charge is 2.15. The molecule has 144 valence electrons. The first-order valence-corrected chi connectivity index (χ1v) is 10.0. The topological polar surface area (TPSA) is 102 Å². The van der Waals surface area contributed by atoms with Gasteiger partial charge in [-0.05, 0) is 30.5 Å². The Morgan fingerprint density at radius 2 is 1.67 bits per heavy atom. The third-order valence-electron chi connectivity index (χ3n) is 3.78. The fraction of sp³-hybridized carbons (Fsp3) is 0.263. The van der Waals surface area contributed by atoms with Gasteiger partial charge in [-0.2, -0.15) is 0 Å². The Labute approximate surface area is 158 Å². The van der Waals surface area contributed by atoms with Crippen molar-refractivity contribution in [2.24, 2.45) is 0 Å². The molecule has 0 aliphatic heterocycles. The lowest BCUT2D eigenvalue weighted by Gasteiger charge is -2.10. The van der Waals surface area contributed by atoms with Crippen molar-refractivity contribution in [2.45, 2.75) is 12.8 Å². The van der Waals surface area contributed by atoms with Gasteiger partial charge in [0.05, 0.1) is 30.7 Å². The molecule has 2 aromatic rings. The SMILES string of the molecule is COC(=O)c1ccccc1NC(=O)CNS(=O)(=O)CCCc1ccccc1. The average Bonchev–Trinajstić information content (AvgIpc) is 2.67. The first-order chi connectivity index (χ1) is 12.9. The van der Waals surface area contributed by atoms with Crippen LogP contribution in [0, 0.1) is 0 Å². The summed E-state index contributed by atoms with van der Waals surface area (Å²) in [5, 5.41) is 2.51. The largest absolute Gasteiger partial charge is 0.465 e. The second-order valence-corrected chi connectivity index (χ2v) is 7.74. The summed E-state index contributed by atoms with van der Waals surface area (Å²) in [5.41, 5.74) is 1.52. The van der Waals surface area contributed by atoms with Crippen LogP contribution in [-0.4, -0.2) is 39.7 Å². The Bertz CT molecular complexity index is 882. The lowest BCUT2D eigenvalue weighted by Crippen LogP contribution is -2.34. The van der Waals surface area contributed by atoms with Crippen molar-refractivity contribution < 1.29 is 22.7 Å². The van der Waals surface area contributed by atoms with Crippen LogP contribution < -0.4 is 10.0 Å². The number of aryl methyl sites for hydroxylation is 1. The number of anilines is 1. The molecule has 8 heteroatoms. The molecule has 0 aliphatic carbocycles. The maximum atomic E-state index is 12.0. The molecule has 2 aromatic carbocycles. The van der Waals surface area contributed by atoms with E-state index >= 15 is 0 Å². The number of methoxy groups -OCH3 is 1. The van der Waals surface area contributed by atoms with E-state index in [4.69, 9.17) is 0 Å². The highest BCUT2D eigenvalue weighted by Crippen LogP contribution is 2.15. The van der Waals surface area contributed by atoms with Crippen LogP contribution in [0.2, 0.25) is 0 Å². The van der Waals surface area contributed by atoms with Crippen LogP contribution in [0.3, 0.4) is 0 Å². The zero-order valence-electron chi connectivity index (χ0n) is 15.0. The smallest absolute Gasteiger partial charge is 0.339 e. The molecule has 27 heavy (non-hydrogen) atoms. The molecule has 0 unspecified atom stereocenters. The van der Waals surface area contributed by atoms with Gasteiger partial charge < -0.3 is 10.1 Å². The first-order valence-electron chi connectivity index (χ1n) is 8.40. The van der Waals surface area contributed by atoms with Crippen molar-refractivity contribution in [1.29, 1.82) is 0 Å². The summed E-state index contributed by atoms with van der Waals surface area (Å²) in [6.07, 6.45) is 1.09. The third kappa shape index (κ3) is 6.84. The van der Waals surface area contributed by atoms with E-state index in [1.165, 1.54) is 13.2 Å². The summed E-state index contributed by atoms with van der Waals surface area (Å²) in [4.78, 5) is 23.7. The zero-order chi connectivity index (χ0) is 19.7. The molecule has 0 heterocycles. The predicted octanol–water partition coefficient (Wildman–Crippen LogP) is 1.96. The molecule has 0 aromatic heterocycles. The number of carbonyl (C=O) groups excluding carboxylic acids is 2. The Hall–Kier alpha value is -2.71. The molecular weight excluding hydrogens is 368 g/mol. The first kappa shape index (κ1) is 20.6. The van der Waals surface area contributed by atoms with Gasteiger partial charge in [-0.3, -0.25) is 4.79 Å². The number of rotatable bonds is 9. The summed E-state index contributed by atoms with van der Waals surface area (Å²) in [7, 11) is -2.33. The Balaban J connectivity index is 1.83. The van der Waals surface area contributed by atoms with Crippen molar-refractivity contribution in [3.05, 3.63) is 65.7 Å². The van der Waals surface area contributed by atoms with Crippen LogP contribution in [0.25, 0.3) is 0 Å². The molecule has 0 spiro atoms. The van der Waals surface area contributed by atoms with Crippen LogP contribution >= 0.6 is 0 Å². The maximum absolute atomic E-state index is 12.0. The number of esters is 1. The van der Waals surface area contributed by atoms with E-state index in [-0.39, 0.29) is 17.0 Å². The third-order valence-corrected chi connectivity index (χ3v) is 5.19. The average molecular weight is 390 g/mol. The van der Waals surface area contributed by atoms with Gasteiger partial charge in [0.1, 0.15) is 0 Å². The van der Waals surface area contributed by atoms with Gasteiger partial charge in [0.25, 0.3) is 0 Å². The van der Waals surface area contributed by atoms with E-state index in [0.29, 0.717) is 12.8 Å². The summed E-state index contributed by atoms with van der Waals surface area (Å²) < 4.78 is 31.0. The van der Waals surface area contributed by atoms with Gasteiger partial charge in [-0.15, -0.1) is 0 Å². The van der Waals surface area contributed by atoms with Gasteiger partial charge in [-0.25, -0.2) is 17.9 Å². The number of ether oxygens (including phenoxy) is 1. The highest BCUT2D eigenvalue weighted by atomic mass is 32.2. The molecule has 2 rings (SSSR count). The van der Waals surface area contributed by atoms with Crippen molar-refractivity contribution in [1.82, 2.24) is 4.72 Å². The van der Waals surface area contributed by atoms with E-state index in [9.17, 15) is 18.0 Å². The zero-order valence-corrected chi connectivity index (χ0v) is 15.8. The minimum absolute atomic E-state index is 0.0755. The van der Waals surface area contributed by atoms with E-state index in [0.717, 1.165) is 5.56 Å². The molecule has 1 amide bonds. The van der Waals surface area contributed by atoms with Crippen LogP contribution in [0.5, 0.6) is 0 Å². The molecule has 7 nitrogen and oxygen atoms in total. The van der Waals surface area contributed by atoms with Gasteiger partial charge in [0, 0.05) is 0 Å². The fourth-order valence-corrected chi connectivity index (χ4v) is 3.45. The minimum Gasteiger partial charge on any atom is -0.465 e. The summed E-state index contributed by atoms with van der Waals surface area (Å²) in [5.74, 6) is -1.24. The van der Waals surface area contributed by atoms with E-state index < -0.39 is 28.4 Å². The maximum Gasteiger partial charge on any atom is 0.339 e. The number of benzene rings is 2. The van der Waals surface area contributed by atoms with Crippen LogP contribution in [0.15, 0.2) is 54.6 Å². The molecule has 0 aliphatic rings. The van der Waals surface area contributed by atoms with E-state index in [1.807, 2.05) is 30.3 Å². The van der Waals surface area contributed by atoms with Crippen LogP contribution in [0.1, 0.15) is 22.3 Å². The Morgan fingerprint density at radius 1 is 1.00 bits per heavy atom. The van der Waals surface area contributed by atoms with Crippen LogP contribution in [0.4, 0.5) is 5.69 Å². The number of carbonyl (C=O) groups is 2. The quantitative estimate of drug-likeness (QED) is 0.638. The summed E-state index contributed by atoms with van der Waals surface area (Å²) >= 11 is 0. The lowest BCUT2D eigenvalue weighted by molar-refractivity contribution is -0.115. The number of sulfonamides is 1. The van der Waals surface area contributed by atoms with E-state index in [1.54, 1.807) is 18.2 Å². The number of para-hydroxylation sites is 1. The number of hydrogen-bond donors (Lipinski definition) is 2. The predicted molar refractivity (Wildman–Crippen MR) is 103 cm³/mol. The van der Waals surface area contributed by atoms with Gasteiger partial charge in [0.15, 0.2) is 0 Å². The van der Waals surface area contributed by atoms with Crippen molar-refractivity contribution >= 4 is 27.6 Å². The van der Waals surface area contributed by atoms with Crippen molar-refractivity contribution in [2.75, 3.05) is 24.7 Å². The second kappa shape index (κ2) is 9.84. The lowest BCUT2D eigenvalue weighted by atomic mass is 10.1. The van der Waals surface area contributed by atoms with Gasteiger partial charge in [0.2, 0.25) is 15.9 Å². The minimum atomic E-state index is -3.57. The molecular formula is C19H22N2O5S. The summed E-state index contributed by atoms with van der Waals surface area (Å²) in [6, 6.07) is 15.9. The highest BCUT2D eigenvalue weighted by molar-refractivity contribution is 7.89. The number of nitrogens with one attached hydrogen (secondary N) is 2. The normalized spacial score (nSPS) is 11.0. The second-order valence-electron chi connectivity index (χ2n) is 5.81. The number of hydrogen-bond acceptors (Lipinski definition) is 5. The molecule has 0 saturated heterocycles. The van der Waals surface area contributed by atoms with Crippen molar-refractivity contribution in [3.8, 4) is 0 Å². The van der Waals surface area contributed by atoms with Crippen molar-refractivity contribution in [3.63, 3.8) is 0 Å².